The Morgan fingerprint density at radius 2 is 1.80 bits per heavy atom. The molecular formula is C12H23NO2. The van der Waals surface area contributed by atoms with Crippen LogP contribution < -0.4 is 5.32 Å². The van der Waals surface area contributed by atoms with Gasteiger partial charge in [0.2, 0.25) is 5.91 Å². The van der Waals surface area contributed by atoms with Gasteiger partial charge in [-0.25, -0.2) is 0 Å². The summed E-state index contributed by atoms with van der Waals surface area (Å²) < 4.78 is 0. The second-order valence-electron chi connectivity index (χ2n) is 4.77. The van der Waals surface area contributed by atoms with Crippen LogP contribution in [-0.2, 0) is 9.59 Å². The molecule has 0 unspecified atom stereocenters. The molecule has 0 aliphatic carbocycles. The fourth-order valence-corrected chi connectivity index (χ4v) is 1.53. The van der Waals surface area contributed by atoms with Crippen molar-refractivity contribution in [1.82, 2.24) is 5.32 Å². The van der Waals surface area contributed by atoms with Crippen molar-refractivity contribution in [3.8, 4) is 0 Å². The Hall–Kier alpha value is -0.860. The third-order valence-electron chi connectivity index (χ3n) is 2.29. The molecule has 0 fully saturated rings. The number of unbranched alkanes of at least 4 members (excludes halogenated alkanes) is 2. The van der Waals surface area contributed by atoms with Gasteiger partial charge in [-0.1, -0.05) is 26.2 Å². The molecule has 0 bridgehead atoms. The van der Waals surface area contributed by atoms with E-state index in [9.17, 15) is 9.59 Å². The number of amides is 1. The molecule has 0 radical (unpaired) electrons. The lowest BCUT2D eigenvalue weighted by Gasteiger charge is -2.26. The maximum absolute atomic E-state index is 11.4. The average Bonchev–Trinajstić information content (AvgIpc) is 2.00. The summed E-state index contributed by atoms with van der Waals surface area (Å²) in [4.78, 5) is 22.1. The van der Waals surface area contributed by atoms with Crippen LogP contribution in [0.2, 0.25) is 0 Å². The number of hydrogen-bond donors (Lipinski definition) is 1. The lowest BCUT2D eigenvalue weighted by molar-refractivity contribution is -0.128. The van der Waals surface area contributed by atoms with Crippen LogP contribution >= 0.6 is 0 Å². The molecular weight excluding hydrogens is 190 g/mol. The maximum Gasteiger partial charge on any atom is 0.227 e. The summed E-state index contributed by atoms with van der Waals surface area (Å²) in [5.41, 5.74) is -0.193. The summed E-state index contributed by atoms with van der Waals surface area (Å²) in [6, 6.07) is 0. The van der Waals surface area contributed by atoms with Crippen LogP contribution in [0, 0.1) is 0 Å². The van der Waals surface area contributed by atoms with E-state index in [1.54, 1.807) is 0 Å². The van der Waals surface area contributed by atoms with E-state index in [1.807, 2.05) is 13.8 Å². The number of ketones is 1. The molecule has 3 heteroatoms. The largest absolute Gasteiger partial charge is 0.351 e. The van der Waals surface area contributed by atoms with Crippen molar-refractivity contribution in [3.05, 3.63) is 0 Å². The molecule has 88 valence electrons. The quantitative estimate of drug-likeness (QED) is 0.521. The zero-order valence-electron chi connectivity index (χ0n) is 10.4. The predicted octanol–water partition coefficient (Wildman–Crippen LogP) is 2.44. The Labute approximate surface area is 92.6 Å². The first-order valence-electron chi connectivity index (χ1n) is 5.68. The number of nitrogens with one attached hydrogen (secondary N) is 1. The second-order valence-corrected chi connectivity index (χ2v) is 4.77. The minimum absolute atomic E-state index is 0.00277. The average molecular weight is 213 g/mol. The van der Waals surface area contributed by atoms with Crippen molar-refractivity contribution in [2.45, 2.75) is 65.3 Å². The van der Waals surface area contributed by atoms with Gasteiger partial charge in [-0.15, -0.1) is 0 Å². The van der Waals surface area contributed by atoms with Gasteiger partial charge in [0, 0.05) is 5.54 Å². The molecule has 1 N–H and O–H groups in total. The van der Waals surface area contributed by atoms with Gasteiger partial charge in [0.1, 0.15) is 5.78 Å². The molecule has 0 rings (SSSR count). The van der Waals surface area contributed by atoms with Gasteiger partial charge in [0.25, 0.3) is 0 Å². The van der Waals surface area contributed by atoms with Crippen LogP contribution in [0.5, 0.6) is 0 Å². The number of hydrogen-bond acceptors (Lipinski definition) is 2. The third-order valence-corrected chi connectivity index (χ3v) is 2.29. The molecule has 0 aliphatic heterocycles. The highest BCUT2D eigenvalue weighted by atomic mass is 16.2. The fourth-order valence-electron chi connectivity index (χ4n) is 1.53. The van der Waals surface area contributed by atoms with Crippen LogP contribution in [0.3, 0.4) is 0 Å². The zero-order chi connectivity index (χ0) is 11.9. The number of carbonyl (C=O) groups excluding carboxylic acids is 2. The van der Waals surface area contributed by atoms with Crippen LogP contribution in [0.1, 0.15) is 59.8 Å². The van der Waals surface area contributed by atoms with Crippen molar-refractivity contribution in [3.63, 3.8) is 0 Å². The Balaban J connectivity index is 3.90. The van der Waals surface area contributed by atoms with Crippen LogP contribution in [0.4, 0.5) is 0 Å². The Kier molecular flexibility index (Phi) is 6.21. The van der Waals surface area contributed by atoms with Crippen LogP contribution in [0.15, 0.2) is 0 Å². The van der Waals surface area contributed by atoms with E-state index in [1.165, 1.54) is 19.8 Å². The highest BCUT2D eigenvalue weighted by molar-refractivity contribution is 5.97. The van der Waals surface area contributed by atoms with Gasteiger partial charge < -0.3 is 5.32 Å². The normalized spacial score (nSPS) is 11.2. The predicted molar refractivity (Wildman–Crippen MR) is 61.7 cm³/mol. The van der Waals surface area contributed by atoms with E-state index < -0.39 is 0 Å². The summed E-state index contributed by atoms with van der Waals surface area (Å²) in [6.45, 7) is 7.59. The summed E-state index contributed by atoms with van der Waals surface area (Å²) in [5.74, 6) is -0.249. The fraction of sp³-hybridized carbons (Fsp3) is 0.833. The smallest absolute Gasteiger partial charge is 0.227 e. The molecule has 15 heavy (non-hydrogen) atoms. The first kappa shape index (κ1) is 14.1. The van der Waals surface area contributed by atoms with Crippen LogP contribution in [0.25, 0.3) is 0 Å². The first-order valence-corrected chi connectivity index (χ1v) is 5.68. The van der Waals surface area contributed by atoms with Crippen molar-refractivity contribution >= 4 is 11.7 Å². The highest BCUT2D eigenvalue weighted by Crippen LogP contribution is 2.13. The van der Waals surface area contributed by atoms with E-state index in [0.717, 1.165) is 12.8 Å². The van der Waals surface area contributed by atoms with E-state index in [4.69, 9.17) is 0 Å². The van der Waals surface area contributed by atoms with Gasteiger partial charge >= 0.3 is 0 Å². The molecule has 0 heterocycles. The third kappa shape index (κ3) is 8.16. The van der Waals surface area contributed by atoms with Crippen molar-refractivity contribution in [1.29, 1.82) is 0 Å². The van der Waals surface area contributed by atoms with Gasteiger partial charge in [-0.2, -0.15) is 0 Å². The molecule has 1 amide bonds. The van der Waals surface area contributed by atoms with Gasteiger partial charge in [0.05, 0.1) is 6.42 Å². The monoisotopic (exact) mass is 213 g/mol. The molecule has 0 aliphatic rings. The number of rotatable bonds is 7. The van der Waals surface area contributed by atoms with Gasteiger partial charge in [-0.05, 0) is 27.2 Å². The maximum atomic E-state index is 11.4. The molecule has 0 saturated carbocycles. The minimum atomic E-state index is -0.193. The first-order chi connectivity index (χ1) is 6.87. The van der Waals surface area contributed by atoms with E-state index in [0.29, 0.717) is 0 Å². The Bertz CT molecular complexity index is 222. The van der Waals surface area contributed by atoms with E-state index in [2.05, 4.69) is 12.2 Å². The van der Waals surface area contributed by atoms with Crippen molar-refractivity contribution in [2.75, 3.05) is 0 Å². The molecule has 0 aromatic rings. The Morgan fingerprint density at radius 3 is 2.27 bits per heavy atom. The molecule has 0 atom stereocenters. The molecule has 3 nitrogen and oxygen atoms in total. The summed E-state index contributed by atoms with van der Waals surface area (Å²) in [5, 5.41) is 2.89. The summed E-state index contributed by atoms with van der Waals surface area (Å²) in [6.07, 6.45) is 4.44. The van der Waals surface area contributed by atoms with Gasteiger partial charge in [-0.3, -0.25) is 9.59 Å². The summed E-state index contributed by atoms with van der Waals surface area (Å²) in [7, 11) is 0. The number of carbonyl (C=O) groups is 2. The van der Waals surface area contributed by atoms with Crippen molar-refractivity contribution < 1.29 is 9.59 Å². The topological polar surface area (TPSA) is 46.2 Å². The zero-order valence-corrected chi connectivity index (χ0v) is 10.4. The SMILES string of the molecule is CCCCCC(C)(C)NC(=O)CC(C)=O. The summed E-state index contributed by atoms with van der Waals surface area (Å²) >= 11 is 0. The van der Waals surface area contributed by atoms with E-state index in [-0.39, 0.29) is 23.7 Å². The number of Topliss-reactive ketones (excluding diaryl/α,β-unsaturated/α-hetero) is 1. The molecule has 0 aromatic heterocycles. The molecule has 0 aromatic carbocycles. The molecule has 0 saturated heterocycles. The Morgan fingerprint density at radius 1 is 1.20 bits per heavy atom. The van der Waals surface area contributed by atoms with Crippen LogP contribution in [-0.4, -0.2) is 17.2 Å². The van der Waals surface area contributed by atoms with Gasteiger partial charge in [0.15, 0.2) is 0 Å². The lowest BCUT2D eigenvalue weighted by Crippen LogP contribution is -2.43. The standard InChI is InChI=1S/C12H23NO2/c1-5-6-7-8-12(3,4)13-11(15)9-10(2)14/h5-9H2,1-4H3,(H,13,15). The lowest BCUT2D eigenvalue weighted by atomic mass is 9.96. The van der Waals surface area contributed by atoms with E-state index >= 15 is 0 Å². The molecule has 0 spiro atoms. The minimum Gasteiger partial charge on any atom is -0.351 e. The van der Waals surface area contributed by atoms with Crippen molar-refractivity contribution in [2.24, 2.45) is 0 Å². The highest BCUT2D eigenvalue weighted by Gasteiger charge is 2.20. The second kappa shape index (κ2) is 6.59.